The minimum absolute atomic E-state index is 0.0338. The lowest BCUT2D eigenvalue weighted by Gasteiger charge is -2.21. The zero-order chi connectivity index (χ0) is 22.0. The van der Waals surface area contributed by atoms with Crippen LogP contribution in [0.15, 0.2) is 36.4 Å². The van der Waals surface area contributed by atoms with Gasteiger partial charge in [-0.3, -0.25) is 9.69 Å². The van der Waals surface area contributed by atoms with Crippen molar-refractivity contribution in [2.75, 3.05) is 20.2 Å². The monoisotopic (exact) mass is 421 g/mol. The van der Waals surface area contributed by atoms with Crippen molar-refractivity contribution < 1.29 is 9.53 Å². The third-order valence-corrected chi connectivity index (χ3v) is 6.01. The number of hydrogen-bond acceptors (Lipinski definition) is 5. The topological polar surface area (TPSA) is 72.3 Å². The molecule has 1 aliphatic rings. The van der Waals surface area contributed by atoms with Crippen LogP contribution in [0.25, 0.3) is 10.8 Å². The maximum atomic E-state index is 12.1. The van der Waals surface area contributed by atoms with Crippen LogP contribution < -0.4 is 10.1 Å². The van der Waals surface area contributed by atoms with Crippen LogP contribution in [0.4, 0.5) is 0 Å². The Kier molecular flexibility index (Phi) is 6.23. The summed E-state index contributed by atoms with van der Waals surface area (Å²) in [7, 11) is 1.72. The van der Waals surface area contributed by atoms with Gasteiger partial charge in [-0.15, -0.1) is 10.2 Å². The van der Waals surface area contributed by atoms with E-state index in [1.165, 1.54) is 10.9 Å². The zero-order valence-corrected chi connectivity index (χ0v) is 18.8. The molecule has 1 amide bonds. The maximum Gasteiger partial charge on any atom is 0.223 e. The van der Waals surface area contributed by atoms with Gasteiger partial charge in [0.05, 0.1) is 13.2 Å². The highest BCUT2D eigenvalue weighted by Gasteiger charge is 2.23. The summed E-state index contributed by atoms with van der Waals surface area (Å²) in [4.78, 5) is 14.6. The fraction of sp³-hybridized carbons (Fsp3) is 0.458. The molecule has 2 heterocycles. The van der Waals surface area contributed by atoms with E-state index in [1.807, 2.05) is 26.8 Å². The van der Waals surface area contributed by atoms with Crippen molar-refractivity contribution in [3.05, 3.63) is 53.6 Å². The van der Waals surface area contributed by atoms with Crippen LogP contribution in [0.3, 0.4) is 0 Å². The van der Waals surface area contributed by atoms with Crippen LogP contribution in [0, 0.1) is 5.92 Å². The lowest BCUT2D eigenvalue weighted by Crippen LogP contribution is -2.32. The van der Waals surface area contributed by atoms with Crippen LogP contribution in [0.1, 0.15) is 44.0 Å². The van der Waals surface area contributed by atoms with Gasteiger partial charge in [0.25, 0.3) is 0 Å². The van der Waals surface area contributed by atoms with Gasteiger partial charge in [0.2, 0.25) is 5.91 Å². The minimum Gasteiger partial charge on any atom is -0.496 e. The Labute approximate surface area is 183 Å². The number of hydrogen-bond donors (Lipinski definition) is 1. The van der Waals surface area contributed by atoms with Crippen LogP contribution in [0.5, 0.6) is 5.75 Å². The number of carbonyl (C=O) groups excluding carboxylic acids is 1. The molecule has 1 N–H and O–H groups in total. The summed E-state index contributed by atoms with van der Waals surface area (Å²) in [6, 6.07) is 12.5. The first-order valence-electron chi connectivity index (χ1n) is 11.0. The quantitative estimate of drug-likeness (QED) is 0.661. The second-order valence-corrected chi connectivity index (χ2v) is 8.51. The number of amides is 1. The number of nitrogens with one attached hydrogen (secondary N) is 1. The molecule has 0 bridgehead atoms. The van der Waals surface area contributed by atoms with E-state index in [-0.39, 0.29) is 17.9 Å². The Morgan fingerprint density at radius 2 is 1.84 bits per heavy atom. The number of rotatable bonds is 6. The highest BCUT2D eigenvalue weighted by Crippen LogP contribution is 2.29. The Bertz CT molecular complexity index is 1080. The number of aromatic nitrogens is 3. The van der Waals surface area contributed by atoms with Crippen molar-refractivity contribution in [3.63, 3.8) is 0 Å². The molecule has 1 aromatic heterocycles. The van der Waals surface area contributed by atoms with Gasteiger partial charge >= 0.3 is 0 Å². The number of benzene rings is 2. The smallest absolute Gasteiger partial charge is 0.223 e. The van der Waals surface area contributed by atoms with E-state index in [1.54, 1.807) is 7.11 Å². The average molecular weight is 422 g/mol. The van der Waals surface area contributed by atoms with Gasteiger partial charge in [0.15, 0.2) is 5.82 Å². The largest absolute Gasteiger partial charge is 0.496 e. The Morgan fingerprint density at radius 3 is 2.58 bits per heavy atom. The van der Waals surface area contributed by atoms with Crippen LogP contribution in [0.2, 0.25) is 0 Å². The van der Waals surface area contributed by atoms with Crippen LogP contribution in [-0.4, -0.2) is 45.8 Å². The van der Waals surface area contributed by atoms with Gasteiger partial charge in [0, 0.05) is 43.9 Å². The van der Waals surface area contributed by atoms with Crippen molar-refractivity contribution in [2.24, 2.45) is 5.92 Å². The number of methoxy groups -OCH3 is 1. The molecule has 0 aliphatic carbocycles. The van der Waals surface area contributed by atoms with Gasteiger partial charge in [-0.2, -0.15) is 0 Å². The minimum atomic E-state index is -0.159. The van der Waals surface area contributed by atoms with Crippen molar-refractivity contribution in [3.8, 4) is 5.75 Å². The summed E-state index contributed by atoms with van der Waals surface area (Å²) in [6.45, 7) is 9.28. The summed E-state index contributed by atoms with van der Waals surface area (Å²) < 4.78 is 7.72. The first kappa shape index (κ1) is 21.3. The predicted molar refractivity (Wildman–Crippen MR) is 121 cm³/mol. The molecule has 7 nitrogen and oxygen atoms in total. The van der Waals surface area contributed by atoms with Crippen LogP contribution in [-0.2, 0) is 24.3 Å². The molecule has 164 valence electrons. The summed E-state index contributed by atoms with van der Waals surface area (Å²) >= 11 is 0. The first-order valence-corrected chi connectivity index (χ1v) is 11.0. The molecule has 4 rings (SSSR count). The standard InChI is InChI=1S/C24H31N5O2/c1-16(2)24(30)25-17(3)23-27-26-22-11-12-28(13-14-29(22)23)15-18-9-10-21(31-4)20-8-6-5-7-19(18)20/h5-10,16-17H,11-15H2,1-4H3,(H,25,30). The zero-order valence-electron chi connectivity index (χ0n) is 18.8. The van der Waals surface area contributed by atoms with Gasteiger partial charge in [-0.1, -0.05) is 44.2 Å². The molecule has 1 aliphatic heterocycles. The molecular formula is C24H31N5O2. The van der Waals surface area contributed by atoms with E-state index >= 15 is 0 Å². The van der Waals surface area contributed by atoms with E-state index in [0.29, 0.717) is 0 Å². The summed E-state index contributed by atoms with van der Waals surface area (Å²) in [6.07, 6.45) is 0.839. The van der Waals surface area contributed by atoms with Gasteiger partial charge < -0.3 is 14.6 Å². The second kappa shape index (κ2) is 9.06. The summed E-state index contributed by atoms with van der Waals surface area (Å²) in [5, 5.41) is 14.2. The van der Waals surface area contributed by atoms with E-state index in [9.17, 15) is 4.79 Å². The van der Waals surface area contributed by atoms with Crippen molar-refractivity contribution in [1.82, 2.24) is 25.0 Å². The lowest BCUT2D eigenvalue weighted by atomic mass is 10.0. The Hall–Kier alpha value is -2.93. The van der Waals surface area contributed by atoms with Crippen molar-refractivity contribution in [2.45, 2.75) is 46.3 Å². The fourth-order valence-electron chi connectivity index (χ4n) is 4.20. The number of carbonyl (C=O) groups is 1. The molecule has 31 heavy (non-hydrogen) atoms. The SMILES string of the molecule is COc1ccc(CN2CCc3nnc(C(C)NC(=O)C(C)C)n3CC2)c2ccccc12. The van der Waals surface area contributed by atoms with E-state index in [0.717, 1.165) is 55.4 Å². The molecular weight excluding hydrogens is 390 g/mol. The van der Waals surface area contributed by atoms with Gasteiger partial charge in [0.1, 0.15) is 11.6 Å². The van der Waals surface area contributed by atoms with Crippen molar-refractivity contribution in [1.29, 1.82) is 0 Å². The fourth-order valence-corrected chi connectivity index (χ4v) is 4.20. The average Bonchev–Trinajstić information content (AvgIpc) is 3.08. The molecule has 2 aromatic carbocycles. The molecule has 1 atom stereocenters. The third kappa shape index (κ3) is 4.42. The molecule has 0 radical (unpaired) electrons. The predicted octanol–water partition coefficient (Wildman–Crippen LogP) is 3.33. The Morgan fingerprint density at radius 1 is 1.06 bits per heavy atom. The normalized spacial score (nSPS) is 15.5. The van der Waals surface area contributed by atoms with Gasteiger partial charge in [-0.25, -0.2) is 0 Å². The van der Waals surface area contributed by atoms with E-state index in [4.69, 9.17) is 4.74 Å². The number of ether oxygens (including phenoxy) is 1. The maximum absolute atomic E-state index is 12.1. The molecule has 3 aromatic rings. The van der Waals surface area contributed by atoms with Gasteiger partial charge in [-0.05, 0) is 23.9 Å². The highest BCUT2D eigenvalue weighted by atomic mass is 16.5. The third-order valence-electron chi connectivity index (χ3n) is 6.01. The van der Waals surface area contributed by atoms with Crippen LogP contribution >= 0.6 is 0 Å². The number of nitrogens with zero attached hydrogens (tertiary/aromatic N) is 4. The molecule has 0 saturated heterocycles. The molecule has 7 heteroatoms. The molecule has 1 unspecified atom stereocenters. The van der Waals surface area contributed by atoms with E-state index < -0.39 is 0 Å². The lowest BCUT2D eigenvalue weighted by molar-refractivity contribution is -0.124. The van der Waals surface area contributed by atoms with Crippen molar-refractivity contribution >= 4 is 16.7 Å². The summed E-state index contributed by atoms with van der Waals surface area (Å²) in [5.74, 6) is 2.71. The highest BCUT2D eigenvalue weighted by molar-refractivity contribution is 5.91. The molecule has 0 fully saturated rings. The van der Waals surface area contributed by atoms with E-state index in [2.05, 4.69) is 55.3 Å². The molecule has 0 spiro atoms. The summed E-state index contributed by atoms with van der Waals surface area (Å²) in [5.41, 5.74) is 1.30. The molecule has 0 saturated carbocycles. The second-order valence-electron chi connectivity index (χ2n) is 8.51. The number of fused-ring (bicyclic) bond motifs is 2. The first-order chi connectivity index (χ1) is 15.0. The Balaban J connectivity index is 1.49.